The van der Waals surface area contributed by atoms with Crippen LogP contribution in [0.4, 0.5) is 0 Å². The molecule has 0 radical (unpaired) electrons. The molecule has 0 fully saturated rings. The third-order valence-electron chi connectivity index (χ3n) is 4.27. The Bertz CT molecular complexity index is 1110. The van der Waals surface area contributed by atoms with Crippen LogP contribution in [-0.4, -0.2) is 33.0 Å². The molecule has 0 N–H and O–H groups in total. The summed E-state index contributed by atoms with van der Waals surface area (Å²) in [5, 5.41) is 14.3. The highest BCUT2D eigenvalue weighted by atomic mass is 35.5. The van der Waals surface area contributed by atoms with Crippen molar-refractivity contribution >= 4 is 28.7 Å². The molecule has 1 aliphatic heterocycles. The highest BCUT2D eigenvalue weighted by molar-refractivity contribution is 7.16. The molecule has 6 nitrogen and oxygen atoms in total. The number of halogens is 1. The van der Waals surface area contributed by atoms with Gasteiger partial charge in [0.15, 0.2) is 17.3 Å². The van der Waals surface area contributed by atoms with Crippen molar-refractivity contribution in [3.8, 4) is 22.9 Å². The smallest absolute Gasteiger partial charge is 0.234 e. The molecule has 8 heteroatoms. The third kappa shape index (κ3) is 3.36. The van der Waals surface area contributed by atoms with Crippen LogP contribution in [0.5, 0.6) is 11.5 Å². The predicted octanol–water partition coefficient (Wildman–Crippen LogP) is 3.95. The molecule has 3 heterocycles. The van der Waals surface area contributed by atoms with Gasteiger partial charge < -0.3 is 9.47 Å². The fourth-order valence-corrected chi connectivity index (χ4v) is 3.93. The second-order valence-electron chi connectivity index (χ2n) is 6.24. The molecule has 138 valence electrons. The summed E-state index contributed by atoms with van der Waals surface area (Å²) in [5.41, 5.74) is 3.34. The highest BCUT2D eigenvalue weighted by Crippen LogP contribution is 2.32. The second kappa shape index (κ2) is 7.17. The Morgan fingerprint density at radius 1 is 1.04 bits per heavy atom. The second-order valence-corrected chi connectivity index (χ2v) is 7.28. The number of rotatable bonds is 3. The predicted molar refractivity (Wildman–Crippen MR) is 106 cm³/mol. The number of ether oxygens (including phenoxy) is 2. The minimum Gasteiger partial charge on any atom is -0.486 e. The first-order chi connectivity index (χ1) is 12.8. The van der Waals surface area contributed by atoms with Crippen LogP contribution in [0, 0.1) is 6.92 Å². The summed E-state index contributed by atoms with van der Waals surface area (Å²) in [4.78, 5) is 0.800. The van der Waals surface area contributed by atoms with Crippen LogP contribution >= 0.6 is 23.7 Å². The summed E-state index contributed by atoms with van der Waals surface area (Å²) < 4.78 is 13.1. The summed E-state index contributed by atoms with van der Waals surface area (Å²) in [6.07, 6.45) is 0.720. The quantitative estimate of drug-likeness (QED) is 0.521. The molecular weight excluding hydrogens is 384 g/mol. The van der Waals surface area contributed by atoms with E-state index in [2.05, 4.69) is 35.3 Å². The van der Waals surface area contributed by atoms with E-state index in [1.54, 1.807) is 11.3 Å². The summed E-state index contributed by atoms with van der Waals surface area (Å²) >= 11 is 1.56. The van der Waals surface area contributed by atoms with E-state index in [-0.39, 0.29) is 12.4 Å². The van der Waals surface area contributed by atoms with Gasteiger partial charge in [0.2, 0.25) is 4.96 Å². The summed E-state index contributed by atoms with van der Waals surface area (Å²) in [5.74, 6) is 2.38. The van der Waals surface area contributed by atoms with E-state index in [4.69, 9.17) is 14.6 Å². The number of aromatic nitrogens is 4. The standard InChI is InChI=1S/C19H16N4O2S.ClH/c1-12-3-2-4-14(9-12)18-20-21-19-23(18)22-17(26-19)11-13-5-6-15-16(10-13)25-8-7-24-15;/h2-6,9-10H,7-8,11H2,1H3;1H. The molecule has 1 aliphatic rings. The van der Waals surface area contributed by atoms with Gasteiger partial charge in [-0.2, -0.15) is 9.61 Å². The van der Waals surface area contributed by atoms with Crippen LogP contribution in [-0.2, 0) is 6.42 Å². The van der Waals surface area contributed by atoms with Crippen molar-refractivity contribution in [1.29, 1.82) is 0 Å². The SMILES string of the molecule is Cc1cccc(-c2nnc3sc(Cc4ccc5c(c4)OCCO5)nn23)c1.Cl. The Balaban J connectivity index is 0.00000180. The average molecular weight is 401 g/mol. The molecule has 0 spiro atoms. The Hall–Kier alpha value is -2.64. The van der Waals surface area contributed by atoms with Crippen LogP contribution in [0.1, 0.15) is 16.1 Å². The summed E-state index contributed by atoms with van der Waals surface area (Å²) in [6, 6.07) is 14.3. The van der Waals surface area contributed by atoms with Gasteiger partial charge in [0.1, 0.15) is 18.2 Å². The van der Waals surface area contributed by atoms with Crippen molar-refractivity contribution in [3.63, 3.8) is 0 Å². The van der Waals surface area contributed by atoms with Gasteiger partial charge in [0, 0.05) is 12.0 Å². The van der Waals surface area contributed by atoms with E-state index < -0.39 is 0 Å². The largest absolute Gasteiger partial charge is 0.486 e. The van der Waals surface area contributed by atoms with Gasteiger partial charge in [-0.05, 0) is 30.7 Å². The summed E-state index contributed by atoms with van der Waals surface area (Å²) in [6.45, 7) is 3.26. The molecule has 4 aromatic rings. The molecule has 5 rings (SSSR count). The van der Waals surface area contributed by atoms with E-state index in [1.165, 1.54) is 5.56 Å². The molecule has 2 aromatic carbocycles. The molecule has 2 aromatic heterocycles. The number of hydrogen-bond donors (Lipinski definition) is 0. The average Bonchev–Trinajstić information content (AvgIpc) is 3.21. The molecule has 0 saturated carbocycles. The van der Waals surface area contributed by atoms with Gasteiger partial charge in [0.25, 0.3) is 0 Å². The fraction of sp³-hybridized carbons (Fsp3) is 0.211. The van der Waals surface area contributed by atoms with Crippen LogP contribution in [0.15, 0.2) is 42.5 Å². The van der Waals surface area contributed by atoms with Gasteiger partial charge >= 0.3 is 0 Å². The van der Waals surface area contributed by atoms with Crippen LogP contribution < -0.4 is 9.47 Å². The molecule has 0 saturated heterocycles. The lowest BCUT2D eigenvalue weighted by Crippen LogP contribution is -2.15. The minimum atomic E-state index is 0. The van der Waals surface area contributed by atoms with Crippen LogP contribution in [0.3, 0.4) is 0 Å². The zero-order chi connectivity index (χ0) is 17.5. The maximum atomic E-state index is 5.66. The first-order valence-electron chi connectivity index (χ1n) is 8.43. The van der Waals surface area contributed by atoms with Gasteiger partial charge in [-0.3, -0.25) is 0 Å². The number of fused-ring (bicyclic) bond motifs is 2. The maximum Gasteiger partial charge on any atom is 0.234 e. The molecule has 0 atom stereocenters. The van der Waals surface area contributed by atoms with Crippen LogP contribution in [0.25, 0.3) is 16.3 Å². The van der Waals surface area contributed by atoms with E-state index in [0.717, 1.165) is 44.8 Å². The van der Waals surface area contributed by atoms with Gasteiger partial charge in [-0.15, -0.1) is 22.6 Å². The molecule has 27 heavy (non-hydrogen) atoms. The van der Waals surface area contributed by atoms with Crippen molar-refractivity contribution in [1.82, 2.24) is 19.8 Å². The first-order valence-corrected chi connectivity index (χ1v) is 9.24. The minimum absolute atomic E-state index is 0. The normalized spacial score (nSPS) is 12.8. The fourth-order valence-electron chi connectivity index (χ4n) is 3.06. The monoisotopic (exact) mass is 400 g/mol. The molecule has 0 amide bonds. The lowest BCUT2D eigenvalue weighted by molar-refractivity contribution is 0.171. The van der Waals surface area contributed by atoms with Crippen molar-refractivity contribution in [2.45, 2.75) is 13.3 Å². The first kappa shape index (κ1) is 17.8. The molecular formula is C19H17ClN4O2S. The number of hydrogen-bond acceptors (Lipinski definition) is 6. The van der Waals surface area contributed by atoms with Crippen molar-refractivity contribution in [3.05, 3.63) is 58.6 Å². The zero-order valence-corrected chi connectivity index (χ0v) is 16.2. The van der Waals surface area contributed by atoms with Gasteiger partial charge in [-0.1, -0.05) is 41.2 Å². The number of benzene rings is 2. The van der Waals surface area contributed by atoms with Gasteiger partial charge in [0.05, 0.1) is 0 Å². The highest BCUT2D eigenvalue weighted by Gasteiger charge is 2.16. The van der Waals surface area contributed by atoms with E-state index >= 15 is 0 Å². The Kier molecular flexibility index (Phi) is 4.72. The lowest BCUT2D eigenvalue weighted by Gasteiger charge is -2.18. The topological polar surface area (TPSA) is 61.5 Å². The van der Waals surface area contributed by atoms with E-state index in [0.29, 0.717) is 13.2 Å². The molecule has 0 aliphatic carbocycles. The van der Waals surface area contributed by atoms with Crippen LogP contribution in [0.2, 0.25) is 0 Å². The van der Waals surface area contributed by atoms with Crippen molar-refractivity contribution in [2.75, 3.05) is 13.2 Å². The maximum absolute atomic E-state index is 5.66. The molecule has 0 bridgehead atoms. The van der Waals surface area contributed by atoms with E-state index in [9.17, 15) is 0 Å². The number of aryl methyl sites for hydroxylation is 1. The lowest BCUT2D eigenvalue weighted by atomic mass is 10.1. The zero-order valence-electron chi connectivity index (χ0n) is 14.6. The Morgan fingerprint density at radius 3 is 2.74 bits per heavy atom. The third-order valence-corrected chi connectivity index (χ3v) is 5.17. The molecule has 0 unspecified atom stereocenters. The number of nitrogens with zero attached hydrogens (tertiary/aromatic N) is 4. The van der Waals surface area contributed by atoms with Gasteiger partial charge in [-0.25, -0.2) is 0 Å². The van der Waals surface area contributed by atoms with Crippen molar-refractivity contribution < 1.29 is 9.47 Å². The summed E-state index contributed by atoms with van der Waals surface area (Å²) in [7, 11) is 0. The Morgan fingerprint density at radius 2 is 1.89 bits per heavy atom. The Labute approximate surface area is 166 Å². The van der Waals surface area contributed by atoms with Crippen molar-refractivity contribution in [2.24, 2.45) is 0 Å². The van der Waals surface area contributed by atoms with E-state index in [1.807, 2.05) is 28.8 Å².